The number of rotatable bonds is 3. The molecule has 2 rings (SSSR count). The Kier molecular flexibility index (Phi) is 4.60. The average molecular weight is 277 g/mol. The van der Waals surface area contributed by atoms with Crippen LogP contribution in [0.25, 0.3) is 0 Å². The first-order valence-corrected chi connectivity index (χ1v) is 7.18. The highest BCUT2D eigenvalue weighted by atomic mass is 16.3. The first-order chi connectivity index (χ1) is 9.51. The fourth-order valence-corrected chi connectivity index (χ4v) is 2.35. The van der Waals surface area contributed by atoms with Gasteiger partial charge in [-0.3, -0.25) is 4.79 Å². The highest BCUT2D eigenvalue weighted by molar-refractivity contribution is 5.95. The Bertz CT molecular complexity index is 480. The van der Waals surface area contributed by atoms with Crippen LogP contribution in [0.5, 0.6) is 0 Å². The van der Waals surface area contributed by atoms with Crippen LogP contribution in [0.4, 0.5) is 5.82 Å². The number of likely N-dealkylation sites (tertiary alicyclic amines) is 1. The van der Waals surface area contributed by atoms with E-state index < -0.39 is 0 Å². The molecule has 0 saturated carbocycles. The molecule has 1 aromatic heterocycles. The zero-order chi connectivity index (χ0) is 14.7. The van der Waals surface area contributed by atoms with Crippen molar-refractivity contribution in [3.8, 4) is 0 Å². The number of aliphatic hydroxyl groups excluding tert-OH is 1. The summed E-state index contributed by atoms with van der Waals surface area (Å²) in [6, 6.07) is 3.66. The number of piperidine rings is 1. The molecule has 5 nitrogen and oxygen atoms in total. The van der Waals surface area contributed by atoms with Crippen molar-refractivity contribution >= 4 is 11.7 Å². The van der Waals surface area contributed by atoms with Gasteiger partial charge in [0, 0.05) is 31.4 Å². The number of anilines is 1. The number of aliphatic hydroxyl groups is 1. The van der Waals surface area contributed by atoms with Crippen LogP contribution in [0, 0.1) is 0 Å². The van der Waals surface area contributed by atoms with Crippen molar-refractivity contribution in [3.63, 3.8) is 0 Å². The second kappa shape index (κ2) is 6.22. The lowest BCUT2D eigenvalue weighted by Gasteiger charge is -2.29. The summed E-state index contributed by atoms with van der Waals surface area (Å²) in [6.45, 7) is 5.36. The Labute approximate surface area is 120 Å². The summed E-state index contributed by atoms with van der Waals surface area (Å²) < 4.78 is 0. The Morgan fingerprint density at radius 3 is 2.60 bits per heavy atom. The molecule has 0 aliphatic carbocycles. The molecular formula is C15H23N3O2. The molecule has 0 spiro atoms. The maximum atomic E-state index is 12.5. The monoisotopic (exact) mass is 277 g/mol. The summed E-state index contributed by atoms with van der Waals surface area (Å²) in [5, 5.41) is 12.5. The van der Waals surface area contributed by atoms with Gasteiger partial charge in [0.05, 0.1) is 6.10 Å². The SMILES string of the molecule is CNc1cc(C(=O)N2CCC(O)CC2)cc(C(C)C)n1. The molecule has 1 fully saturated rings. The topological polar surface area (TPSA) is 65.5 Å². The predicted molar refractivity (Wildman–Crippen MR) is 79.0 cm³/mol. The van der Waals surface area contributed by atoms with Crippen LogP contribution in [-0.2, 0) is 0 Å². The van der Waals surface area contributed by atoms with Gasteiger partial charge >= 0.3 is 0 Å². The van der Waals surface area contributed by atoms with Crippen LogP contribution < -0.4 is 5.32 Å². The Hall–Kier alpha value is -1.62. The van der Waals surface area contributed by atoms with Crippen molar-refractivity contribution in [2.45, 2.75) is 38.7 Å². The van der Waals surface area contributed by atoms with E-state index in [1.807, 2.05) is 11.0 Å². The second-order valence-electron chi connectivity index (χ2n) is 5.59. The van der Waals surface area contributed by atoms with E-state index in [0.29, 0.717) is 31.5 Å². The maximum Gasteiger partial charge on any atom is 0.254 e. The van der Waals surface area contributed by atoms with Crippen LogP contribution in [0.3, 0.4) is 0 Å². The van der Waals surface area contributed by atoms with Crippen molar-refractivity contribution in [2.24, 2.45) is 0 Å². The number of aromatic nitrogens is 1. The zero-order valence-electron chi connectivity index (χ0n) is 12.4. The van der Waals surface area contributed by atoms with Crippen LogP contribution in [0.15, 0.2) is 12.1 Å². The van der Waals surface area contributed by atoms with E-state index in [9.17, 15) is 9.90 Å². The normalized spacial score (nSPS) is 16.6. The van der Waals surface area contributed by atoms with E-state index in [4.69, 9.17) is 0 Å². The molecule has 0 aromatic carbocycles. The minimum atomic E-state index is -0.268. The number of carbonyl (C=O) groups excluding carboxylic acids is 1. The van der Waals surface area contributed by atoms with Gasteiger partial charge in [0.2, 0.25) is 0 Å². The van der Waals surface area contributed by atoms with Gasteiger partial charge in [-0.1, -0.05) is 13.8 Å². The summed E-state index contributed by atoms with van der Waals surface area (Å²) in [6.07, 6.45) is 1.05. The van der Waals surface area contributed by atoms with Crippen LogP contribution in [0.1, 0.15) is 48.7 Å². The van der Waals surface area contributed by atoms with E-state index in [1.165, 1.54) is 0 Å². The van der Waals surface area contributed by atoms with Crippen molar-refractivity contribution < 1.29 is 9.90 Å². The summed E-state index contributed by atoms with van der Waals surface area (Å²) >= 11 is 0. The molecule has 1 aromatic rings. The average Bonchev–Trinajstić information content (AvgIpc) is 2.46. The molecule has 2 heterocycles. The van der Waals surface area contributed by atoms with Crippen molar-refractivity contribution in [1.82, 2.24) is 9.88 Å². The van der Waals surface area contributed by atoms with Gasteiger partial charge in [0.25, 0.3) is 5.91 Å². The third kappa shape index (κ3) is 3.28. The van der Waals surface area contributed by atoms with Gasteiger partial charge in [-0.25, -0.2) is 4.98 Å². The summed E-state index contributed by atoms with van der Waals surface area (Å²) in [5.74, 6) is 1.02. The minimum absolute atomic E-state index is 0.0256. The van der Waals surface area contributed by atoms with E-state index in [2.05, 4.69) is 24.1 Å². The summed E-state index contributed by atoms with van der Waals surface area (Å²) in [5.41, 5.74) is 1.58. The van der Waals surface area contributed by atoms with Crippen molar-refractivity contribution in [2.75, 3.05) is 25.5 Å². The van der Waals surface area contributed by atoms with Crippen molar-refractivity contribution in [3.05, 3.63) is 23.4 Å². The number of hydrogen-bond acceptors (Lipinski definition) is 4. The highest BCUT2D eigenvalue weighted by Crippen LogP contribution is 2.20. The lowest BCUT2D eigenvalue weighted by molar-refractivity contribution is 0.0546. The molecular weight excluding hydrogens is 254 g/mol. The van der Waals surface area contributed by atoms with Crippen molar-refractivity contribution in [1.29, 1.82) is 0 Å². The molecule has 1 amide bonds. The Morgan fingerprint density at radius 2 is 2.05 bits per heavy atom. The van der Waals surface area contributed by atoms with E-state index >= 15 is 0 Å². The molecule has 1 aliphatic heterocycles. The van der Waals surface area contributed by atoms with E-state index in [-0.39, 0.29) is 17.9 Å². The minimum Gasteiger partial charge on any atom is -0.393 e. The van der Waals surface area contributed by atoms with E-state index in [0.717, 1.165) is 11.5 Å². The number of amides is 1. The Morgan fingerprint density at radius 1 is 1.40 bits per heavy atom. The lowest BCUT2D eigenvalue weighted by Crippen LogP contribution is -2.40. The molecule has 1 saturated heterocycles. The number of carbonyl (C=O) groups is 1. The zero-order valence-corrected chi connectivity index (χ0v) is 12.4. The fourth-order valence-electron chi connectivity index (χ4n) is 2.35. The molecule has 5 heteroatoms. The third-order valence-corrected chi connectivity index (χ3v) is 3.69. The third-order valence-electron chi connectivity index (χ3n) is 3.69. The van der Waals surface area contributed by atoms with Crippen LogP contribution >= 0.6 is 0 Å². The first kappa shape index (κ1) is 14.8. The predicted octanol–water partition coefficient (Wildman–Crippen LogP) is 1.84. The molecule has 0 unspecified atom stereocenters. The molecule has 1 aliphatic rings. The molecule has 110 valence electrons. The van der Waals surface area contributed by atoms with Gasteiger partial charge in [-0.2, -0.15) is 0 Å². The fraction of sp³-hybridized carbons (Fsp3) is 0.600. The lowest BCUT2D eigenvalue weighted by atomic mass is 10.0. The number of nitrogens with one attached hydrogen (secondary N) is 1. The number of nitrogens with zero attached hydrogens (tertiary/aromatic N) is 2. The van der Waals surface area contributed by atoms with Gasteiger partial charge < -0.3 is 15.3 Å². The summed E-state index contributed by atoms with van der Waals surface area (Å²) in [7, 11) is 1.80. The highest BCUT2D eigenvalue weighted by Gasteiger charge is 2.23. The Balaban J connectivity index is 2.22. The van der Waals surface area contributed by atoms with Gasteiger partial charge in [0.15, 0.2) is 0 Å². The van der Waals surface area contributed by atoms with Gasteiger partial charge in [-0.05, 0) is 30.9 Å². The molecule has 2 N–H and O–H groups in total. The van der Waals surface area contributed by atoms with Crippen LogP contribution in [0.2, 0.25) is 0 Å². The molecule has 0 bridgehead atoms. The number of hydrogen-bond donors (Lipinski definition) is 2. The first-order valence-electron chi connectivity index (χ1n) is 7.18. The molecule has 0 atom stereocenters. The number of pyridine rings is 1. The van der Waals surface area contributed by atoms with Gasteiger partial charge in [-0.15, -0.1) is 0 Å². The summed E-state index contributed by atoms with van der Waals surface area (Å²) in [4.78, 5) is 18.8. The standard InChI is InChI=1S/C15H23N3O2/c1-10(2)13-8-11(9-14(16-3)17-13)15(20)18-6-4-12(19)5-7-18/h8-10,12,19H,4-7H2,1-3H3,(H,16,17). The van der Waals surface area contributed by atoms with Gasteiger partial charge in [0.1, 0.15) is 5.82 Å². The molecule has 20 heavy (non-hydrogen) atoms. The van der Waals surface area contributed by atoms with E-state index in [1.54, 1.807) is 13.1 Å². The largest absolute Gasteiger partial charge is 0.393 e. The quantitative estimate of drug-likeness (QED) is 0.885. The second-order valence-corrected chi connectivity index (χ2v) is 5.59. The maximum absolute atomic E-state index is 12.5. The smallest absolute Gasteiger partial charge is 0.254 e. The van der Waals surface area contributed by atoms with Crippen LogP contribution in [-0.4, -0.2) is 47.1 Å². The molecule has 0 radical (unpaired) electrons.